The molecule has 37 heavy (non-hydrogen) atoms. The molecular formula is C29H24O8. The highest BCUT2D eigenvalue weighted by atomic mass is 16.5. The molecule has 0 atom stereocenters. The van der Waals surface area contributed by atoms with Gasteiger partial charge in [0.15, 0.2) is 5.76 Å². The van der Waals surface area contributed by atoms with E-state index in [1.54, 1.807) is 68.6 Å². The van der Waals surface area contributed by atoms with Crippen molar-refractivity contribution in [3.8, 4) is 28.7 Å². The summed E-state index contributed by atoms with van der Waals surface area (Å²) in [6, 6.07) is 15.2. The van der Waals surface area contributed by atoms with Crippen molar-refractivity contribution >= 4 is 28.8 Å². The minimum Gasteiger partial charge on any atom is -0.497 e. The van der Waals surface area contributed by atoms with Crippen LogP contribution in [0.4, 0.5) is 0 Å². The Morgan fingerprint density at radius 1 is 0.946 bits per heavy atom. The fourth-order valence-electron chi connectivity index (χ4n) is 4.18. The van der Waals surface area contributed by atoms with Crippen LogP contribution in [-0.2, 0) is 0 Å². The summed E-state index contributed by atoms with van der Waals surface area (Å²) in [6.45, 7) is 4.08. The highest BCUT2D eigenvalue weighted by Crippen LogP contribution is 2.37. The maximum atomic E-state index is 13.1. The summed E-state index contributed by atoms with van der Waals surface area (Å²) >= 11 is 0. The summed E-state index contributed by atoms with van der Waals surface area (Å²) in [5.74, 6) is 1.99. The van der Waals surface area contributed by atoms with E-state index in [0.717, 1.165) is 0 Å². The van der Waals surface area contributed by atoms with Gasteiger partial charge >= 0.3 is 5.97 Å². The fourth-order valence-corrected chi connectivity index (χ4v) is 4.18. The maximum Gasteiger partial charge on any atom is 0.347 e. The van der Waals surface area contributed by atoms with Crippen LogP contribution in [0.2, 0.25) is 0 Å². The zero-order valence-corrected chi connectivity index (χ0v) is 20.7. The number of methoxy groups -OCH3 is 2. The van der Waals surface area contributed by atoms with Crippen molar-refractivity contribution in [1.29, 1.82) is 0 Å². The lowest BCUT2D eigenvalue weighted by molar-refractivity contribution is 0.0734. The molecule has 0 radical (unpaired) electrons. The quantitative estimate of drug-likeness (QED) is 0.173. The number of carbonyl (C=O) groups is 2. The van der Waals surface area contributed by atoms with Gasteiger partial charge in [0, 0.05) is 23.1 Å². The average Bonchev–Trinajstić information content (AvgIpc) is 3.39. The molecule has 0 N–H and O–H groups in total. The van der Waals surface area contributed by atoms with E-state index in [2.05, 4.69) is 0 Å². The molecular weight excluding hydrogens is 476 g/mol. The molecule has 8 heteroatoms. The molecule has 1 aliphatic rings. The third-order valence-electron chi connectivity index (χ3n) is 5.93. The molecule has 1 aromatic heterocycles. The van der Waals surface area contributed by atoms with Gasteiger partial charge in [0.25, 0.3) is 0 Å². The van der Waals surface area contributed by atoms with Crippen molar-refractivity contribution in [3.05, 3.63) is 82.8 Å². The zero-order valence-electron chi connectivity index (χ0n) is 20.7. The number of esters is 1. The van der Waals surface area contributed by atoms with Crippen LogP contribution < -0.4 is 23.7 Å². The smallest absolute Gasteiger partial charge is 0.347 e. The second-order valence-electron chi connectivity index (χ2n) is 8.22. The Labute approximate surface area is 213 Å². The van der Waals surface area contributed by atoms with Gasteiger partial charge in [-0.3, -0.25) is 4.79 Å². The van der Waals surface area contributed by atoms with Gasteiger partial charge in [0.1, 0.15) is 45.7 Å². The van der Waals surface area contributed by atoms with E-state index in [-0.39, 0.29) is 17.3 Å². The van der Waals surface area contributed by atoms with Gasteiger partial charge in [-0.15, -0.1) is 0 Å². The molecule has 0 aliphatic carbocycles. The first-order valence-corrected chi connectivity index (χ1v) is 11.6. The van der Waals surface area contributed by atoms with Crippen molar-refractivity contribution in [2.75, 3.05) is 20.8 Å². The van der Waals surface area contributed by atoms with Crippen LogP contribution in [0.25, 0.3) is 17.0 Å². The lowest BCUT2D eigenvalue weighted by Crippen LogP contribution is -2.09. The molecule has 4 aromatic rings. The highest BCUT2D eigenvalue weighted by Gasteiger charge is 2.29. The van der Waals surface area contributed by atoms with E-state index >= 15 is 0 Å². The molecule has 8 nitrogen and oxygen atoms in total. The number of allylic oxidation sites excluding steroid dienone is 1. The molecule has 0 saturated heterocycles. The highest BCUT2D eigenvalue weighted by molar-refractivity contribution is 6.14. The maximum absolute atomic E-state index is 13.1. The van der Waals surface area contributed by atoms with E-state index in [1.165, 1.54) is 13.2 Å². The second kappa shape index (κ2) is 9.73. The lowest BCUT2D eigenvalue weighted by Gasteiger charge is -2.08. The number of furan rings is 1. The van der Waals surface area contributed by atoms with E-state index < -0.39 is 5.97 Å². The summed E-state index contributed by atoms with van der Waals surface area (Å²) in [7, 11) is 3.10. The Balaban J connectivity index is 1.40. The van der Waals surface area contributed by atoms with Crippen molar-refractivity contribution < 1.29 is 37.7 Å². The number of Topliss-reactive ketones (excluding diaryl/α,β-unsaturated/α-hetero) is 1. The van der Waals surface area contributed by atoms with Gasteiger partial charge < -0.3 is 28.1 Å². The predicted octanol–water partition coefficient (Wildman–Crippen LogP) is 5.99. The van der Waals surface area contributed by atoms with Crippen LogP contribution >= 0.6 is 0 Å². The van der Waals surface area contributed by atoms with E-state index in [4.69, 9.17) is 28.1 Å². The fraction of sp³-hybridized carbons (Fsp3) is 0.172. The van der Waals surface area contributed by atoms with E-state index in [1.807, 2.05) is 6.92 Å². The lowest BCUT2D eigenvalue weighted by atomic mass is 10.1. The monoisotopic (exact) mass is 500 g/mol. The Morgan fingerprint density at radius 2 is 1.73 bits per heavy atom. The Hall–Kier alpha value is -4.72. The van der Waals surface area contributed by atoms with Crippen molar-refractivity contribution in [3.63, 3.8) is 0 Å². The molecule has 5 rings (SSSR count). The minimum absolute atomic E-state index is 0.127. The van der Waals surface area contributed by atoms with Crippen LogP contribution in [0.3, 0.4) is 0 Å². The van der Waals surface area contributed by atoms with Gasteiger partial charge in [-0.25, -0.2) is 4.79 Å². The largest absolute Gasteiger partial charge is 0.497 e. The zero-order chi connectivity index (χ0) is 26.1. The first kappa shape index (κ1) is 24.0. The third kappa shape index (κ3) is 4.49. The molecule has 0 unspecified atom stereocenters. The number of benzene rings is 3. The molecule has 3 aromatic carbocycles. The molecule has 2 heterocycles. The van der Waals surface area contributed by atoms with Gasteiger partial charge in [-0.05, 0) is 62.4 Å². The second-order valence-corrected chi connectivity index (χ2v) is 8.22. The standard InChI is InChI=1S/C29H24O8/c1-5-34-19-9-11-23-22(13-19)27(16(2)35-23)29(31)36-20-8-10-21-25(15-20)37-26(28(21)30)12-17-6-7-18(32-3)14-24(17)33-4/h6-15H,5H2,1-4H3/b26-12-. The SMILES string of the molecule is CCOc1ccc2oc(C)c(C(=O)Oc3ccc4c(c3)O/C(=C\c3ccc(OC)cc3OC)C4=O)c2c1. The van der Waals surface area contributed by atoms with Gasteiger partial charge in [0.2, 0.25) is 5.78 Å². The summed E-state index contributed by atoms with van der Waals surface area (Å²) in [5, 5.41) is 0.597. The Kier molecular flexibility index (Phi) is 6.31. The predicted molar refractivity (Wildman–Crippen MR) is 136 cm³/mol. The first-order chi connectivity index (χ1) is 17.9. The molecule has 188 valence electrons. The van der Waals surface area contributed by atoms with Crippen molar-refractivity contribution in [2.45, 2.75) is 13.8 Å². The Bertz CT molecular complexity index is 1560. The van der Waals surface area contributed by atoms with E-state index in [9.17, 15) is 9.59 Å². The number of rotatable bonds is 7. The van der Waals surface area contributed by atoms with Gasteiger partial charge in [-0.2, -0.15) is 0 Å². The summed E-state index contributed by atoms with van der Waals surface area (Å²) in [6.07, 6.45) is 1.60. The molecule has 0 spiro atoms. The molecule has 0 fully saturated rings. The van der Waals surface area contributed by atoms with Crippen molar-refractivity contribution in [1.82, 2.24) is 0 Å². The summed E-state index contributed by atoms with van der Waals surface area (Å²) < 4.78 is 33.4. The van der Waals surface area contributed by atoms with Crippen LogP contribution in [0.1, 0.15) is 39.0 Å². The number of ether oxygens (including phenoxy) is 5. The topological polar surface area (TPSA) is 93.4 Å². The Morgan fingerprint density at radius 3 is 2.49 bits per heavy atom. The first-order valence-electron chi connectivity index (χ1n) is 11.6. The number of aryl methyl sites for hydroxylation is 1. The molecule has 0 bridgehead atoms. The molecule has 0 amide bonds. The van der Waals surface area contributed by atoms with Gasteiger partial charge in [0.05, 0.1) is 26.4 Å². The molecule has 0 saturated carbocycles. The molecule has 1 aliphatic heterocycles. The van der Waals surface area contributed by atoms with Crippen LogP contribution in [-0.4, -0.2) is 32.6 Å². The van der Waals surface area contributed by atoms with Crippen LogP contribution in [0, 0.1) is 6.92 Å². The van der Waals surface area contributed by atoms with Crippen LogP contribution in [0.15, 0.2) is 64.8 Å². The summed E-state index contributed by atoms with van der Waals surface area (Å²) in [5.41, 5.74) is 1.88. The third-order valence-corrected chi connectivity index (χ3v) is 5.93. The number of ketones is 1. The number of carbonyl (C=O) groups excluding carboxylic acids is 2. The van der Waals surface area contributed by atoms with E-state index in [0.29, 0.717) is 63.0 Å². The van der Waals surface area contributed by atoms with Crippen LogP contribution in [0.5, 0.6) is 28.7 Å². The summed E-state index contributed by atoms with van der Waals surface area (Å²) in [4.78, 5) is 26.0. The number of hydrogen-bond donors (Lipinski definition) is 0. The van der Waals surface area contributed by atoms with Crippen molar-refractivity contribution in [2.24, 2.45) is 0 Å². The number of fused-ring (bicyclic) bond motifs is 2. The minimum atomic E-state index is -0.590. The average molecular weight is 501 g/mol. The number of hydrogen-bond acceptors (Lipinski definition) is 8. The van der Waals surface area contributed by atoms with Gasteiger partial charge in [-0.1, -0.05) is 0 Å². The normalized spacial score (nSPS) is 13.4.